The van der Waals surface area contributed by atoms with Crippen molar-refractivity contribution in [2.45, 2.75) is 0 Å². The molecule has 2 rings (SSSR count). The third-order valence-corrected chi connectivity index (χ3v) is 3.00. The van der Waals surface area contributed by atoms with Crippen molar-refractivity contribution < 1.29 is 14.3 Å². The summed E-state index contributed by atoms with van der Waals surface area (Å²) < 4.78 is 5.07. The van der Waals surface area contributed by atoms with Crippen molar-refractivity contribution >= 4 is 35.3 Å². The van der Waals surface area contributed by atoms with E-state index in [9.17, 15) is 9.59 Å². The Bertz CT molecular complexity index is 747. The Hall–Kier alpha value is -2.86. The molecule has 0 saturated heterocycles. The quantitative estimate of drug-likeness (QED) is 0.513. The molecule has 0 spiro atoms. The number of hydrazone groups is 1. The second kappa shape index (κ2) is 7.95. The Morgan fingerprint density at radius 2 is 1.91 bits per heavy atom. The Balaban J connectivity index is 1.90. The fourth-order valence-corrected chi connectivity index (χ4v) is 1.88. The molecule has 0 aliphatic rings. The summed E-state index contributed by atoms with van der Waals surface area (Å²) in [6, 6.07) is 13.6. The Labute approximate surface area is 138 Å². The number of methoxy groups -OCH3 is 1. The number of amides is 2. The van der Waals surface area contributed by atoms with Crippen molar-refractivity contribution in [2.24, 2.45) is 5.10 Å². The van der Waals surface area contributed by atoms with Crippen molar-refractivity contribution in [3.05, 3.63) is 59.1 Å². The topological polar surface area (TPSA) is 79.8 Å². The summed E-state index contributed by atoms with van der Waals surface area (Å²) in [5.74, 6) is -1.06. The van der Waals surface area contributed by atoms with Gasteiger partial charge in [-0.05, 0) is 35.9 Å². The minimum atomic E-state index is -0.885. The highest BCUT2D eigenvalue weighted by Gasteiger charge is 2.12. The standard InChI is InChI=1S/C16H14ClN3O3/c1-23-14-7-2-4-11(8-14)10-18-20-16(22)15(21)19-13-6-3-5-12(17)9-13/h2-10H,1H3,(H,19,21)(H,20,22)/b18-10+. The Morgan fingerprint density at radius 3 is 2.65 bits per heavy atom. The minimum Gasteiger partial charge on any atom is -0.497 e. The maximum absolute atomic E-state index is 11.7. The van der Waals surface area contributed by atoms with Gasteiger partial charge in [0.25, 0.3) is 0 Å². The van der Waals surface area contributed by atoms with E-state index in [1.54, 1.807) is 49.6 Å². The van der Waals surface area contributed by atoms with Gasteiger partial charge in [-0.25, -0.2) is 5.43 Å². The lowest BCUT2D eigenvalue weighted by molar-refractivity contribution is -0.136. The van der Waals surface area contributed by atoms with Crippen LogP contribution < -0.4 is 15.5 Å². The molecular weight excluding hydrogens is 318 g/mol. The molecule has 118 valence electrons. The van der Waals surface area contributed by atoms with Crippen LogP contribution in [0.25, 0.3) is 0 Å². The zero-order valence-corrected chi connectivity index (χ0v) is 13.0. The second-order valence-electron chi connectivity index (χ2n) is 4.44. The lowest BCUT2D eigenvalue weighted by Crippen LogP contribution is -2.32. The normalized spacial score (nSPS) is 10.3. The van der Waals surface area contributed by atoms with Gasteiger partial charge in [0.2, 0.25) is 0 Å². The summed E-state index contributed by atoms with van der Waals surface area (Å²) in [6.45, 7) is 0. The molecular formula is C16H14ClN3O3. The van der Waals surface area contributed by atoms with E-state index in [4.69, 9.17) is 16.3 Å². The molecule has 0 aliphatic carbocycles. The molecule has 0 aromatic heterocycles. The number of anilines is 1. The number of nitrogens with one attached hydrogen (secondary N) is 2. The fourth-order valence-electron chi connectivity index (χ4n) is 1.69. The van der Waals surface area contributed by atoms with Crippen molar-refractivity contribution in [1.29, 1.82) is 0 Å². The van der Waals surface area contributed by atoms with Crippen LogP contribution in [0.3, 0.4) is 0 Å². The van der Waals surface area contributed by atoms with Gasteiger partial charge in [0.1, 0.15) is 5.75 Å². The highest BCUT2D eigenvalue weighted by atomic mass is 35.5. The smallest absolute Gasteiger partial charge is 0.329 e. The summed E-state index contributed by atoms with van der Waals surface area (Å²) in [7, 11) is 1.55. The molecule has 2 amide bonds. The zero-order chi connectivity index (χ0) is 16.7. The maximum Gasteiger partial charge on any atom is 0.329 e. The predicted molar refractivity (Wildman–Crippen MR) is 88.8 cm³/mol. The number of nitrogens with zero attached hydrogens (tertiary/aromatic N) is 1. The summed E-state index contributed by atoms with van der Waals surface area (Å²) in [4.78, 5) is 23.4. The van der Waals surface area contributed by atoms with E-state index in [0.29, 0.717) is 16.5 Å². The molecule has 0 fully saturated rings. The number of rotatable bonds is 4. The van der Waals surface area contributed by atoms with Crippen LogP contribution in [0.2, 0.25) is 5.02 Å². The third-order valence-electron chi connectivity index (χ3n) is 2.76. The first-order valence-corrected chi connectivity index (χ1v) is 7.00. The van der Waals surface area contributed by atoms with Gasteiger partial charge in [0.15, 0.2) is 0 Å². The monoisotopic (exact) mass is 331 g/mol. The molecule has 0 atom stereocenters. The van der Waals surface area contributed by atoms with Gasteiger partial charge in [-0.15, -0.1) is 0 Å². The summed E-state index contributed by atoms with van der Waals surface area (Å²) in [5.41, 5.74) is 3.30. The van der Waals surface area contributed by atoms with Gasteiger partial charge < -0.3 is 10.1 Å². The number of ether oxygens (including phenoxy) is 1. The molecule has 6 nitrogen and oxygen atoms in total. The summed E-state index contributed by atoms with van der Waals surface area (Å²) in [5, 5.41) is 6.61. The van der Waals surface area contributed by atoms with Crippen LogP contribution in [0.4, 0.5) is 5.69 Å². The molecule has 0 unspecified atom stereocenters. The van der Waals surface area contributed by atoms with Gasteiger partial charge in [-0.1, -0.05) is 29.8 Å². The van der Waals surface area contributed by atoms with Crippen LogP contribution >= 0.6 is 11.6 Å². The van der Waals surface area contributed by atoms with E-state index in [2.05, 4.69) is 15.8 Å². The Kier molecular flexibility index (Phi) is 5.71. The number of hydrogen-bond acceptors (Lipinski definition) is 4. The first kappa shape index (κ1) is 16.5. The number of halogens is 1. The first-order valence-electron chi connectivity index (χ1n) is 6.62. The van der Waals surface area contributed by atoms with Gasteiger partial charge in [0, 0.05) is 10.7 Å². The molecule has 0 saturated carbocycles. The molecule has 0 bridgehead atoms. The predicted octanol–water partition coefficient (Wildman–Crippen LogP) is 2.44. The lowest BCUT2D eigenvalue weighted by Gasteiger charge is -2.04. The van der Waals surface area contributed by atoms with Gasteiger partial charge >= 0.3 is 11.8 Å². The first-order chi connectivity index (χ1) is 11.1. The number of carbonyl (C=O) groups excluding carboxylic acids is 2. The van der Waals surface area contributed by atoms with Crippen LogP contribution in [0, 0.1) is 0 Å². The van der Waals surface area contributed by atoms with Crippen molar-refractivity contribution in [3.8, 4) is 5.75 Å². The second-order valence-corrected chi connectivity index (χ2v) is 4.88. The third kappa shape index (κ3) is 5.12. The van der Waals surface area contributed by atoms with E-state index in [0.717, 1.165) is 5.56 Å². The average Bonchev–Trinajstić information content (AvgIpc) is 2.55. The van der Waals surface area contributed by atoms with Gasteiger partial charge in [-0.2, -0.15) is 5.10 Å². The molecule has 0 radical (unpaired) electrons. The number of carbonyl (C=O) groups is 2. The van der Waals surface area contributed by atoms with Crippen molar-refractivity contribution in [3.63, 3.8) is 0 Å². The van der Waals surface area contributed by atoms with E-state index < -0.39 is 11.8 Å². The van der Waals surface area contributed by atoms with E-state index in [1.807, 2.05) is 0 Å². The molecule has 0 aliphatic heterocycles. The number of benzene rings is 2. The van der Waals surface area contributed by atoms with E-state index in [1.165, 1.54) is 12.3 Å². The molecule has 7 heteroatoms. The molecule has 23 heavy (non-hydrogen) atoms. The van der Waals surface area contributed by atoms with Crippen LogP contribution in [-0.2, 0) is 9.59 Å². The molecule has 2 aromatic carbocycles. The summed E-state index contributed by atoms with van der Waals surface area (Å²) >= 11 is 5.80. The van der Waals surface area contributed by atoms with Crippen LogP contribution in [0.1, 0.15) is 5.56 Å². The lowest BCUT2D eigenvalue weighted by atomic mass is 10.2. The minimum absolute atomic E-state index is 0.425. The molecule has 0 heterocycles. The highest BCUT2D eigenvalue weighted by molar-refractivity contribution is 6.39. The average molecular weight is 332 g/mol. The van der Waals surface area contributed by atoms with Crippen molar-refractivity contribution in [2.75, 3.05) is 12.4 Å². The van der Waals surface area contributed by atoms with E-state index in [-0.39, 0.29) is 0 Å². The fraction of sp³-hybridized carbons (Fsp3) is 0.0625. The maximum atomic E-state index is 11.7. The highest BCUT2D eigenvalue weighted by Crippen LogP contribution is 2.14. The van der Waals surface area contributed by atoms with Crippen LogP contribution in [0.5, 0.6) is 5.75 Å². The van der Waals surface area contributed by atoms with Crippen LogP contribution in [0.15, 0.2) is 53.6 Å². The number of hydrogen-bond donors (Lipinski definition) is 2. The largest absolute Gasteiger partial charge is 0.497 e. The van der Waals surface area contributed by atoms with Gasteiger partial charge in [-0.3, -0.25) is 9.59 Å². The van der Waals surface area contributed by atoms with Crippen LogP contribution in [-0.4, -0.2) is 25.1 Å². The summed E-state index contributed by atoms with van der Waals surface area (Å²) in [6.07, 6.45) is 1.41. The SMILES string of the molecule is COc1cccc(/C=N/NC(=O)C(=O)Nc2cccc(Cl)c2)c1. The van der Waals surface area contributed by atoms with E-state index >= 15 is 0 Å². The van der Waals surface area contributed by atoms with Crippen molar-refractivity contribution in [1.82, 2.24) is 5.43 Å². The van der Waals surface area contributed by atoms with Gasteiger partial charge in [0.05, 0.1) is 13.3 Å². The Morgan fingerprint density at radius 1 is 1.13 bits per heavy atom. The zero-order valence-electron chi connectivity index (χ0n) is 12.2. The molecule has 2 N–H and O–H groups in total. The molecule has 2 aromatic rings.